The molecule has 1 fully saturated rings. The Bertz CT molecular complexity index is 490. The van der Waals surface area contributed by atoms with Gasteiger partial charge < -0.3 is 15.4 Å². The van der Waals surface area contributed by atoms with Crippen LogP contribution < -0.4 is 15.4 Å². The van der Waals surface area contributed by atoms with Crippen LogP contribution in [0.3, 0.4) is 0 Å². The van der Waals surface area contributed by atoms with Gasteiger partial charge in [0.05, 0.1) is 18.7 Å². The molecule has 5 nitrogen and oxygen atoms in total. The molecule has 0 bridgehead atoms. The van der Waals surface area contributed by atoms with Gasteiger partial charge in [0.25, 0.3) is 5.91 Å². The highest BCUT2D eigenvalue weighted by Crippen LogP contribution is 2.22. The molecule has 1 atom stereocenters. The Balaban J connectivity index is 2.13. The quantitative estimate of drug-likeness (QED) is 0.858. The SMILES string of the molecule is COc1ccc(Cl)cc1C(=O)N[C@@H]1CNC(=O)C1. The maximum Gasteiger partial charge on any atom is 0.255 e. The first-order chi connectivity index (χ1) is 8.60. The summed E-state index contributed by atoms with van der Waals surface area (Å²) in [5.41, 5.74) is 0.365. The average Bonchev–Trinajstić information content (AvgIpc) is 2.74. The number of benzene rings is 1. The maximum absolute atomic E-state index is 12.1. The molecule has 2 amide bonds. The Labute approximate surface area is 109 Å². The normalized spacial score (nSPS) is 18.3. The maximum atomic E-state index is 12.1. The number of halogens is 1. The topological polar surface area (TPSA) is 67.4 Å². The second kappa shape index (κ2) is 5.27. The second-order valence-corrected chi connectivity index (χ2v) is 4.46. The van der Waals surface area contributed by atoms with Crippen molar-refractivity contribution in [3.05, 3.63) is 28.8 Å². The molecule has 1 aliphatic heterocycles. The van der Waals surface area contributed by atoms with Crippen molar-refractivity contribution in [3.63, 3.8) is 0 Å². The van der Waals surface area contributed by atoms with Gasteiger partial charge in [-0.3, -0.25) is 9.59 Å². The van der Waals surface area contributed by atoms with Crippen LogP contribution >= 0.6 is 11.6 Å². The Morgan fingerprint density at radius 2 is 2.33 bits per heavy atom. The van der Waals surface area contributed by atoms with Gasteiger partial charge in [0.15, 0.2) is 0 Å². The summed E-state index contributed by atoms with van der Waals surface area (Å²) in [4.78, 5) is 23.1. The lowest BCUT2D eigenvalue weighted by Crippen LogP contribution is -2.36. The van der Waals surface area contributed by atoms with E-state index >= 15 is 0 Å². The van der Waals surface area contributed by atoms with Crippen molar-refractivity contribution >= 4 is 23.4 Å². The van der Waals surface area contributed by atoms with E-state index in [4.69, 9.17) is 16.3 Å². The number of hydrogen-bond acceptors (Lipinski definition) is 3. The minimum Gasteiger partial charge on any atom is -0.496 e. The van der Waals surface area contributed by atoms with Crippen LogP contribution in [0.5, 0.6) is 5.75 Å². The van der Waals surface area contributed by atoms with E-state index in [1.54, 1.807) is 18.2 Å². The first-order valence-electron chi connectivity index (χ1n) is 5.51. The van der Waals surface area contributed by atoms with Crippen molar-refractivity contribution in [2.24, 2.45) is 0 Å². The van der Waals surface area contributed by atoms with Gasteiger partial charge in [-0.15, -0.1) is 0 Å². The monoisotopic (exact) mass is 268 g/mol. The predicted octanol–water partition coefficient (Wildman–Crippen LogP) is 0.967. The van der Waals surface area contributed by atoms with E-state index in [-0.39, 0.29) is 17.9 Å². The summed E-state index contributed by atoms with van der Waals surface area (Å²) < 4.78 is 5.11. The summed E-state index contributed by atoms with van der Waals surface area (Å²) in [6, 6.07) is 4.64. The fraction of sp³-hybridized carbons (Fsp3) is 0.333. The van der Waals surface area contributed by atoms with Crippen LogP contribution in [-0.4, -0.2) is 31.5 Å². The van der Waals surface area contributed by atoms with E-state index in [0.717, 1.165) is 0 Å². The van der Waals surface area contributed by atoms with Gasteiger partial charge in [-0.25, -0.2) is 0 Å². The highest BCUT2D eigenvalue weighted by Gasteiger charge is 2.24. The lowest BCUT2D eigenvalue weighted by atomic mass is 10.1. The summed E-state index contributed by atoms with van der Waals surface area (Å²) >= 11 is 5.86. The molecule has 2 rings (SSSR count). The molecule has 2 N–H and O–H groups in total. The molecule has 6 heteroatoms. The molecule has 1 saturated heterocycles. The van der Waals surface area contributed by atoms with Crippen molar-refractivity contribution in [2.75, 3.05) is 13.7 Å². The van der Waals surface area contributed by atoms with Gasteiger partial charge >= 0.3 is 0 Å². The molecule has 0 aromatic heterocycles. The molecule has 0 unspecified atom stereocenters. The van der Waals surface area contributed by atoms with Crippen LogP contribution in [0.1, 0.15) is 16.8 Å². The van der Waals surface area contributed by atoms with Crippen molar-refractivity contribution in [2.45, 2.75) is 12.5 Å². The number of methoxy groups -OCH3 is 1. The number of ether oxygens (including phenoxy) is 1. The number of amides is 2. The zero-order valence-corrected chi connectivity index (χ0v) is 10.6. The van der Waals surface area contributed by atoms with Gasteiger partial charge in [-0.2, -0.15) is 0 Å². The minimum absolute atomic E-state index is 0.0571. The Kier molecular flexibility index (Phi) is 3.72. The van der Waals surface area contributed by atoms with E-state index in [0.29, 0.717) is 29.3 Å². The van der Waals surface area contributed by atoms with E-state index in [1.807, 2.05) is 0 Å². The summed E-state index contributed by atoms with van der Waals surface area (Å²) in [5.74, 6) is 0.100. The molecule has 1 aliphatic rings. The Morgan fingerprint density at radius 1 is 1.56 bits per heavy atom. The minimum atomic E-state index is -0.296. The third-order valence-corrected chi connectivity index (χ3v) is 2.95. The molecule has 1 aromatic rings. The molecule has 1 aromatic carbocycles. The zero-order chi connectivity index (χ0) is 13.1. The average molecular weight is 269 g/mol. The largest absolute Gasteiger partial charge is 0.496 e. The Hall–Kier alpha value is -1.75. The highest BCUT2D eigenvalue weighted by molar-refractivity contribution is 6.31. The van der Waals surface area contributed by atoms with Gasteiger partial charge in [-0.1, -0.05) is 11.6 Å². The van der Waals surface area contributed by atoms with E-state index in [1.165, 1.54) is 7.11 Å². The smallest absolute Gasteiger partial charge is 0.255 e. The fourth-order valence-electron chi connectivity index (χ4n) is 1.83. The van der Waals surface area contributed by atoms with Crippen LogP contribution in [0, 0.1) is 0 Å². The molecule has 0 spiro atoms. The molecular weight excluding hydrogens is 256 g/mol. The van der Waals surface area contributed by atoms with Crippen molar-refractivity contribution in [1.82, 2.24) is 10.6 Å². The summed E-state index contributed by atoms with van der Waals surface area (Å²) in [6.45, 7) is 0.452. The molecule has 96 valence electrons. The van der Waals surface area contributed by atoms with Crippen LogP contribution in [0.15, 0.2) is 18.2 Å². The third-order valence-electron chi connectivity index (χ3n) is 2.72. The third kappa shape index (κ3) is 2.73. The standard InChI is InChI=1S/C12H13ClN2O3/c1-18-10-3-2-7(13)4-9(10)12(17)15-8-5-11(16)14-6-8/h2-4,8H,5-6H2,1H3,(H,14,16)(H,15,17)/t8-/m0/s1. The highest BCUT2D eigenvalue weighted by atomic mass is 35.5. The van der Waals surface area contributed by atoms with Gasteiger partial charge in [0, 0.05) is 18.0 Å². The van der Waals surface area contributed by atoms with Gasteiger partial charge in [-0.05, 0) is 18.2 Å². The fourth-order valence-corrected chi connectivity index (χ4v) is 2.00. The van der Waals surface area contributed by atoms with Crippen LogP contribution in [0.4, 0.5) is 0 Å². The number of carbonyl (C=O) groups is 2. The van der Waals surface area contributed by atoms with Crippen LogP contribution in [0.2, 0.25) is 5.02 Å². The lowest BCUT2D eigenvalue weighted by molar-refractivity contribution is -0.119. The predicted molar refractivity (Wildman–Crippen MR) is 66.9 cm³/mol. The first-order valence-corrected chi connectivity index (χ1v) is 5.89. The van der Waals surface area contributed by atoms with Crippen molar-refractivity contribution < 1.29 is 14.3 Å². The first kappa shape index (κ1) is 12.7. The van der Waals surface area contributed by atoms with Crippen LogP contribution in [0.25, 0.3) is 0 Å². The van der Waals surface area contributed by atoms with Gasteiger partial charge in [0.2, 0.25) is 5.91 Å². The summed E-state index contributed by atoms with van der Waals surface area (Å²) in [6.07, 6.45) is 0.300. The van der Waals surface area contributed by atoms with Gasteiger partial charge in [0.1, 0.15) is 5.75 Å². The van der Waals surface area contributed by atoms with Crippen molar-refractivity contribution in [3.8, 4) is 5.75 Å². The summed E-state index contributed by atoms with van der Waals surface area (Å²) in [7, 11) is 1.49. The zero-order valence-electron chi connectivity index (χ0n) is 9.83. The number of hydrogen-bond donors (Lipinski definition) is 2. The number of carbonyl (C=O) groups excluding carboxylic acids is 2. The summed E-state index contributed by atoms with van der Waals surface area (Å²) in [5, 5.41) is 5.88. The number of nitrogens with one attached hydrogen (secondary N) is 2. The molecular formula is C12H13ClN2O3. The molecule has 1 heterocycles. The molecule has 0 radical (unpaired) electrons. The molecule has 0 saturated carbocycles. The Morgan fingerprint density at radius 3 is 2.94 bits per heavy atom. The molecule has 0 aliphatic carbocycles. The van der Waals surface area contributed by atoms with E-state index < -0.39 is 0 Å². The lowest BCUT2D eigenvalue weighted by Gasteiger charge is -2.13. The number of rotatable bonds is 3. The van der Waals surface area contributed by atoms with Crippen LogP contribution in [-0.2, 0) is 4.79 Å². The van der Waals surface area contributed by atoms with Crippen molar-refractivity contribution in [1.29, 1.82) is 0 Å². The second-order valence-electron chi connectivity index (χ2n) is 4.02. The molecule has 18 heavy (non-hydrogen) atoms. The van der Waals surface area contributed by atoms with E-state index in [2.05, 4.69) is 10.6 Å². The van der Waals surface area contributed by atoms with E-state index in [9.17, 15) is 9.59 Å².